The summed E-state index contributed by atoms with van der Waals surface area (Å²) in [4.78, 5) is 28.2. The molecule has 4 rings (SSSR count). The zero-order valence-corrected chi connectivity index (χ0v) is 18.4. The van der Waals surface area contributed by atoms with Crippen molar-refractivity contribution >= 4 is 23.2 Å². The molecule has 0 saturated carbocycles. The van der Waals surface area contributed by atoms with Crippen LogP contribution >= 0.6 is 0 Å². The van der Waals surface area contributed by atoms with Gasteiger partial charge in [0, 0.05) is 30.0 Å². The van der Waals surface area contributed by atoms with Crippen LogP contribution in [0.25, 0.3) is 0 Å². The molecule has 164 valence electrons. The van der Waals surface area contributed by atoms with E-state index in [0.717, 1.165) is 37.2 Å². The van der Waals surface area contributed by atoms with E-state index >= 15 is 0 Å². The molecule has 0 bridgehead atoms. The normalized spacial score (nSPS) is 14.5. The van der Waals surface area contributed by atoms with Crippen LogP contribution in [0.4, 0.5) is 11.4 Å². The minimum Gasteiger partial charge on any atom is -0.371 e. The molecule has 0 aliphatic carbocycles. The largest absolute Gasteiger partial charge is 0.371 e. The van der Waals surface area contributed by atoms with Gasteiger partial charge in [-0.05, 0) is 62.1 Å². The van der Waals surface area contributed by atoms with Gasteiger partial charge in [-0.1, -0.05) is 48.5 Å². The Morgan fingerprint density at radius 2 is 1.47 bits per heavy atom. The number of nitrogens with zero attached hydrogens (tertiary/aromatic N) is 1. The van der Waals surface area contributed by atoms with E-state index in [1.165, 1.54) is 6.42 Å². The summed E-state index contributed by atoms with van der Waals surface area (Å²) in [5, 5.41) is 6.06. The lowest BCUT2D eigenvalue weighted by Crippen LogP contribution is -2.33. The van der Waals surface area contributed by atoms with E-state index < -0.39 is 0 Å². The maximum Gasteiger partial charge on any atom is 0.255 e. The molecule has 32 heavy (non-hydrogen) atoms. The van der Waals surface area contributed by atoms with Crippen LogP contribution in [-0.2, 0) is 0 Å². The number of hydrogen-bond acceptors (Lipinski definition) is 3. The highest BCUT2D eigenvalue weighted by Crippen LogP contribution is 2.28. The molecule has 1 saturated heterocycles. The number of anilines is 2. The van der Waals surface area contributed by atoms with E-state index in [2.05, 4.69) is 15.5 Å². The number of carbonyl (C=O) groups excluding carboxylic acids is 2. The Balaban J connectivity index is 1.60. The first-order chi connectivity index (χ1) is 15.6. The van der Waals surface area contributed by atoms with Gasteiger partial charge in [0.15, 0.2) is 0 Å². The quantitative estimate of drug-likeness (QED) is 0.552. The molecule has 1 unspecified atom stereocenters. The van der Waals surface area contributed by atoms with Crippen molar-refractivity contribution in [2.24, 2.45) is 0 Å². The second kappa shape index (κ2) is 10.1. The number of carbonyl (C=O) groups is 2. The average molecular weight is 428 g/mol. The molecule has 5 nitrogen and oxygen atoms in total. The Hall–Kier alpha value is -3.60. The molecular formula is C27H29N3O2. The summed E-state index contributed by atoms with van der Waals surface area (Å²) < 4.78 is 0. The molecule has 1 aliphatic heterocycles. The van der Waals surface area contributed by atoms with Crippen molar-refractivity contribution in [3.8, 4) is 0 Å². The maximum absolute atomic E-state index is 13.3. The van der Waals surface area contributed by atoms with Crippen LogP contribution in [0.3, 0.4) is 0 Å². The van der Waals surface area contributed by atoms with Gasteiger partial charge in [-0.3, -0.25) is 9.59 Å². The van der Waals surface area contributed by atoms with E-state index in [0.29, 0.717) is 16.8 Å². The van der Waals surface area contributed by atoms with Gasteiger partial charge >= 0.3 is 0 Å². The molecule has 1 aliphatic rings. The fraction of sp³-hybridized carbons (Fsp3) is 0.259. The Morgan fingerprint density at radius 1 is 0.812 bits per heavy atom. The molecule has 2 N–H and O–H groups in total. The van der Waals surface area contributed by atoms with Crippen molar-refractivity contribution in [3.63, 3.8) is 0 Å². The Bertz CT molecular complexity index is 1060. The van der Waals surface area contributed by atoms with E-state index in [9.17, 15) is 9.59 Å². The fourth-order valence-electron chi connectivity index (χ4n) is 4.10. The smallest absolute Gasteiger partial charge is 0.255 e. The predicted molar refractivity (Wildman–Crippen MR) is 129 cm³/mol. The number of hydrogen-bond donors (Lipinski definition) is 2. The predicted octanol–water partition coefficient (Wildman–Crippen LogP) is 5.42. The molecule has 1 fully saturated rings. The number of nitrogens with one attached hydrogen (secondary N) is 2. The Kier molecular flexibility index (Phi) is 6.85. The third kappa shape index (κ3) is 5.17. The average Bonchev–Trinajstić information content (AvgIpc) is 2.85. The van der Waals surface area contributed by atoms with Gasteiger partial charge < -0.3 is 15.5 Å². The monoisotopic (exact) mass is 427 g/mol. The molecule has 3 aromatic rings. The van der Waals surface area contributed by atoms with Crippen LogP contribution in [0, 0.1) is 0 Å². The summed E-state index contributed by atoms with van der Waals surface area (Å²) >= 11 is 0. The molecule has 0 aromatic heterocycles. The second-order valence-electron chi connectivity index (χ2n) is 8.21. The zero-order valence-electron chi connectivity index (χ0n) is 18.4. The number of benzene rings is 3. The van der Waals surface area contributed by atoms with E-state index in [1.807, 2.05) is 67.6 Å². The van der Waals surface area contributed by atoms with Gasteiger partial charge in [0.05, 0.1) is 11.6 Å². The molecular weight excluding hydrogens is 398 g/mol. The van der Waals surface area contributed by atoms with Crippen LogP contribution in [0.2, 0.25) is 0 Å². The molecule has 1 atom stereocenters. The second-order valence-corrected chi connectivity index (χ2v) is 8.21. The number of rotatable bonds is 6. The van der Waals surface area contributed by atoms with Crippen LogP contribution in [-0.4, -0.2) is 24.9 Å². The van der Waals surface area contributed by atoms with Crippen molar-refractivity contribution in [2.75, 3.05) is 23.3 Å². The first-order valence-corrected chi connectivity index (χ1v) is 11.2. The summed E-state index contributed by atoms with van der Waals surface area (Å²) in [6.45, 7) is 3.85. The van der Waals surface area contributed by atoms with E-state index in [1.54, 1.807) is 18.2 Å². The lowest BCUT2D eigenvalue weighted by molar-refractivity contribution is 0.0939. The minimum absolute atomic E-state index is 0.125. The Morgan fingerprint density at radius 3 is 2.16 bits per heavy atom. The molecule has 3 aromatic carbocycles. The fourth-order valence-corrected chi connectivity index (χ4v) is 4.10. The highest BCUT2D eigenvalue weighted by Gasteiger charge is 2.21. The maximum atomic E-state index is 13.3. The highest BCUT2D eigenvalue weighted by molar-refractivity contribution is 6.06. The van der Waals surface area contributed by atoms with Crippen molar-refractivity contribution in [3.05, 3.63) is 95.6 Å². The van der Waals surface area contributed by atoms with Gasteiger partial charge in [0.1, 0.15) is 0 Å². The SMILES string of the molecule is CC(NC(=O)c1cc(NC(=O)c2ccccc2)ccc1N1CCCCC1)c1ccccc1. The summed E-state index contributed by atoms with van der Waals surface area (Å²) in [7, 11) is 0. The van der Waals surface area contributed by atoms with Crippen LogP contribution in [0.5, 0.6) is 0 Å². The zero-order chi connectivity index (χ0) is 22.3. The van der Waals surface area contributed by atoms with Gasteiger partial charge in [0.25, 0.3) is 11.8 Å². The van der Waals surface area contributed by atoms with Gasteiger partial charge in [-0.15, -0.1) is 0 Å². The standard InChI is InChI=1S/C27H29N3O2/c1-20(21-11-5-2-6-12-21)28-27(32)24-19-23(29-26(31)22-13-7-3-8-14-22)15-16-25(24)30-17-9-4-10-18-30/h2-3,5-8,11-16,19-20H,4,9-10,17-18H2,1H3,(H,28,32)(H,29,31). The number of piperidine rings is 1. The summed E-state index contributed by atoms with van der Waals surface area (Å²) in [5.74, 6) is -0.335. The first-order valence-electron chi connectivity index (χ1n) is 11.2. The van der Waals surface area contributed by atoms with Crippen molar-refractivity contribution in [2.45, 2.75) is 32.2 Å². The van der Waals surface area contributed by atoms with Gasteiger partial charge in [-0.2, -0.15) is 0 Å². The van der Waals surface area contributed by atoms with E-state index in [-0.39, 0.29) is 17.9 Å². The summed E-state index contributed by atoms with van der Waals surface area (Å²) in [5.41, 5.74) is 3.74. The first kappa shape index (κ1) is 21.6. The van der Waals surface area contributed by atoms with Gasteiger partial charge in [0.2, 0.25) is 0 Å². The lowest BCUT2D eigenvalue weighted by atomic mass is 10.0. The third-order valence-corrected chi connectivity index (χ3v) is 5.88. The number of amides is 2. The lowest BCUT2D eigenvalue weighted by Gasteiger charge is -2.31. The van der Waals surface area contributed by atoms with Crippen molar-refractivity contribution in [1.82, 2.24) is 5.32 Å². The highest BCUT2D eigenvalue weighted by atomic mass is 16.2. The van der Waals surface area contributed by atoms with Crippen LogP contribution in [0.1, 0.15) is 58.5 Å². The van der Waals surface area contributed by atoms with Gasteiger partial charge in [-0.25, -0.2) is 0 Å². The molecule has 2 amide bonds. The topological polar surface area (TPSA) is 61.4 Å². The Labute approximate surface area is 189 Å². The molecule has 0 spiro atoms. The van der Waals surface area contributed by atoms with Crippen LogP contribution in [0.15, 0.2) is 78.9 Å². The van der Waals surface area contributed by atoms with E-state index in [4.69, 9.17) is 0 Å². The van der Waals surface area contributed by atoms with Crippen LogP contribution < -0.4 is 15.5 Å². The third-order valence-electron chi connectivity index (χ3n) is 5.88. The van der Waals surface area contributed by atoms with Crippen molar-refractivity contribution in [1.29, 1.82) is 0 Å². The summed E-state index contributed by atoms with van der Waals surface area (Å²) in [6.07, 6.45) is 3.45. The minimum atomic E-state index is -0.194. The molecule has 1 heterocycles. The van der Waals surface area contributed by atoms with Crippen molar-refractivity contribution < 1.29 is 9.59 Å². The summed E-state index contributed by atoms with van der Waals surface area (Å²) in [6, 6.07) is 24.5. The molecule has 0 radical (unpaired) electrons. The molecule has 5 heteroatoms.